The van der Waals surface area contributed by atoms with Crippen molar-refractivity contribution in [2.75, 3.05) is 14.2 Å². The van der Waals surface area contributed by atoms with E-state index in [1.165, 1.54) is 6.26 Å². The Morgan fingerprint density at radius 1 is 1.08 bits per heavy atom. The molecule has 0 spiro atoms. The fourth-order valence-corrected chi connectivity index (χ4v) is 5.05. The van der Waals surface area contributed by atoms with E-state index in [2.05, 4.69) is 12.1 Å². The van der Waals surface area contributed by atoms with Crippen molar-refractivity contribution in [3.05, 3.63) is 89.2 Å². The van der Waals surface area contributed by atoms with Crippen LogP contribution in [0.2, 0.25) is 0 Å². The number of carboxylic acid groups (broad SMARTS) is 1. The number of ether oxygens (including phenoxy) is 3. The molecule has 0 amide bonds. The Bertz CT molecular complexity index is 1380. The second kappa shape index (κ2) is 9.78. The van der Waals surface area contributed by atoms with Crippen molar-refractivity contribution in [2.45, 2.75) is 37.8 Å². The summed E-state index contributed by atoms with van der Waals surface area (Å²) in [6.07, 6.45) is 3.35. The molecule has 0 unspecified atom stereocenters. The minimum Gasteiger partial charge on any atom is -0.489 e. The Morgan fingerprint density at radius 3 is 2.58 bits per heavy atom. The molecule has 4 aromatic rings. The van der Waals surface area contributed by atoms with Gasteiger partial charge in [0, 0.05) is 38.2 Å². The highest BCUT2D eigenvalue weighted by Gasteiger charge is 2.46. The van der Waals surface area contributed by atoms with Crippen LogP contribution < -0.4 is 4.74 Å². The van der Waals surface area contributed by atoms with Crippen molar-refractivity contribution in [2.24, 2.45) is 0 Å². The topological polar surface area (TPSA) is 98.4 Å². The number of aliphatic hydroxyl groups is 1. The highest BCUT2D eigenvalue weighted by Crippen LogP contribution is 2.46. The Labute approximate surface area is 208 Å². The maximum atomic E-state index is 12.0. The molecule has 0 aliphatic heterocycles. The van der Waals surface area contributed by atoms with Gasteiger partial charge in [-0.15, -0.1) is 0 Å². The van der Waals surface area contributed by atoms with E-state index in [4.69, 9.17) is 18.6 Å². The second-order valence-corrected chi connectivity index (χ2v) is 9.05. The van der Waals surface area contributed by atoms with Crippen LogP contribution in [-0.2, 0) is 28.3 Å². The lowest BCUT2D eigenvalue weighted by molar-refractivity contribution is -0.154. The lowest BCUT2D eigenvalue weighted by Gasteiger charge is -2.46. The molecule has 0 saturated heterocycles. The van der Waals surface area contributed by atoms with Gasteiger partial charge >= 0.3 is 5.97 Å². The van der Waals surface area contributed by atoms with Crippen LogP contribution >= 0.6 is 0 Å². The molecule has 1 aliphatic carbocycles. The number of hydrogen-bond acceptors (Lipinski definition) is 6. The van der Waals surface area contributed by atoms with Gasteiger partial charge in [-0.2, -0.15) is 0 Å². The Morgan fingerprint density at radius 2 is 1.92 bits per heavy atom. The molecule has 2 N–H and O–H groups in total. The fourth-order valence-electron chi connectivity index (χ4n) is 5.05. The fraction of sp³-hybridized carbons (Fsp3) is 0.276. The number of carbonyl (C=O) groups is 1. The number of fused-ring (bicyclic) bond motifs is 1. The third kappa shape index (κ3) is 4.26. The van der Waals surface area contributed by atoms with Gasteiger partial charge < -0.3 is 28.8 Å². The number of rotatable bonds is 9. The van der Waals surface area contributed by atoms with E-state index in [9.17, 15) is 15.0 Å². The average molecular weight is 489 g/mol. The highest BCUT2D eigenvalue weighted by molar-refractivity contribution is 6.04. The molecule has 7 nitrogen and oxygen atoms in total. The minimum atomic E-state index is -1.12. The number of methoxy groups -OCH3 is 2. The van der Waals surface area contributed by atoms with E-state index < -0.39 is 12.6 Å². The van der Waals surface area contributed by atoms with Crippen LogP contribution in [0.3, 0.4) is 0 Å². The van der Waals surface area contributed by atoms with Crippen molar-refractivity contribution in [3.63, 3.8) is 0 Å². The second-order valence-electron chi connectivity index (χ2n) is 9.05. The third-order valence-corrected chi connectivity index (χ3v) is 7.07. The van der Waals surface area contributed by atoms with Crippen LogP contribution in [0.15, 0.2) is 71.3 Å². The molecule has 186 valence electrons. The average Bonchev–Trinajstić information content (AvgIpc) is 3.41. The van der Waals surface area contributed by atoms with E-state index in [0.29, 0.717) is 34.6 Å². The molecule has 36 heavy (non-hydrogen) atoms. The van der Waals surface area contributed by atoms with Crippen LogP contribution in [0, 0.1) is 0 Å². The van der Waals surface area contributed by atoms with Crippen molar-refractivity contribution < 1.29 is 33.6 Å². The van der Waals surface area contributed by atoms with E-state index in [1.54, 1.807) is 32.4 Å². The van der Waals surface area contributed by atoms with E-state index >= 15 is 0 Å². The maximum absolute atomic E-state index is 12.0. The normalized spacial score (nSPS) is 19.2. The monoisotopic (exact) mass is 488 g/mol. The highest BCUT2D eigenvalue weighted by atomic mass is 16.5. The number of aliphatic hydroxyl groups excluding tert-OH is 1. The summed E-state index contributed by atoms with van der Waals surface area (Å²) in [7, 11) is 3.45. The summed E-state index contributed by atoms with van der Waals surface area (Å²) in [6, 6.07) is 18.7. The zero-order valence-corrected chi connectivity index (χ0v) is 20.2. The molecule has 5 rings (SSSR count). The number of hydrogen-bond donors (Lipinski definition) is 2. The molecule has 0 radical (unpaired) electrons. The van der Waals surface area contributed by atoms with E-state index in [0.717, 1.165) is 29.4 Å². The summed E-state index contributed by atoms with van der Waals surface area (Å²) >= 11 is 0. The zero-order valence-electron chi connectivity index (χ0n) is 20.2. The molecule has 1 saturated carbocycles. The Hall–Kier alpha value is -3.65. The number of carboxylic acids is 1. The van der Waals surface area contributed by atoms with Crippen molar-refractivity contribution in [3.8, 4) is 17.1 Å². The van der Waals surface area contributed by atoms with Gasteiger partial charge in [0.05, 0.1) is 30.1 Å². The predicted octanol–water partition coefficient (Wildman–Crippen LogP) is 5.52. The summed E-state index contributed by atoms with van der Waals surface area (Å²) in [5.74, 6) is -0.0111. The summed E-state index contributed by atoms with van der Waals surface area (Å²) in [5.41, 5.74) is 2.68. The number of benzene rings is 3. The lowest BCUT2D eigenvalue weighted by Crippen LogP contribution is -2.47. The third-order valence-electron chi connectivity index (χ3n) is 7.07. The van der Waals surface area contributed by atoms with Crippen molar-refractivity contribution in [1.82, 2.24) is 0 Å². The van der Waals surface area contributed by atoms with Crippen LogP contribution in [0.5, 0.6) is 5.75 Å². The van der Waals surface area contributed by atoms with E-state index in [-0.39, 0.29) is 17.3 Å². The molecule has 1 fully saturated rings. The molecular formula is C29H28O7. The SMILES string of the molecule is CO[C@H]1C[C@](OC)(c2cccc(COc3ccc4c(-c5ccco5)c(CO)c(C(=O)O)cc4c3)c2)C1. The molecule has 3 aromatic carbocycles. The van der Waals surface area contributed by atoms with Crippen LogP contribution in [-0.4, -0.2) is 36.5 Å². The first kappa shape index (κ1) is 24.1. The molecular weight excluding hydrogens is 460 g/mol. The first-order valence-corrected chi connectivity index (χ1v) is 11.8. The number of furan rings is 1. The zero-order chi connectivity index (χ0) is 25.3. The number of aromatic carboxylic acids is 1. The quantitative estimate of drug-likeness (QED) is 0.320. The predicted molar refractivity (Wildman–Crippen MR) is 134 cm³/mol. The summed E-state index contributed by atoms with van der Waals surface area (Å²) in [5, 5.41) is 21.2. The van der Waals surface area contributed by atoms with E-state index in [1.807, 2.05) is 30.3 Å². The molecule has 1 aromatic heterocycles. The minimum absolute atomic E-state index is 0.0287. The van der Waals surface area contributed by atoms with Gasteiger partial charge in [-0.25, -0.2) is 4.79 Å². The van der Waals surface area contributed by atoms with Gasteiger partial charge in [-0.3, -0.25) is 0 Å². The first-order valence-electron chi connectivity index (χ1n) is 11.8. The largest absolute Gasteiger partial charge is 0.489 e. The summed E-state index contributed by atoms with van der Waals surface area (Å²) in [6.45, 7) is -0.0747. The van der Waals surface area contributed by atoms with Gasteiger partial charge in [0.1, 0.15) is 18.1 Å². The van der Waals surface area contributed by atoms with Gasteiger partial charge in [0.2, 0.25) is 0 Å². The maximum Gasteiger partial charge on any atom is 0.336 e. The Balaban J connectivity index is 1.44. The molecule has 1 heterocycles. The molecule has 0 atom stereocenters. The summed E-state index contributed by atoms with van der Waals surface area (Å²) in [4.78, 5) is 12.0. The molecule has 1 aliphatic rings. The standard InChI is InChI=1S/C29H28O7/c1-33-22-14-29(15-22,34-2)20-6-3-5-18(11-20)17-36-21-8-9-23-19(12-21)13-24(28(31)32)25(16-30)27(23)26-7-4-10-35-26/h3-13,22,30H,14-17H2,1-2H3,(H,31,32)/t22-,29+. The van der Waals surface area contributed by atoms with Crippen LogP contribution in [0.25, 0.3) is 22.1 Å². The first-order chi connectivity index (χ1) is 17.5. The van der Waals surface area contributed by atoms with Gasteiger partial charge in [-0.1, -0.05) is 18.2 Å². The van der Waals surface area contributed by atoms with Crippen molar-refractivity contribution in [1.29, 1.82) is 0 Å². The summed E-state index contributed by atoms with van der Waals surface area (Å²) < 4.78 is 23.0. The van der Waals surface area contributed by atoms with Gasteiger partial charge in [-0.05, 0) is 64.4 Å². The van der Waals surface area contributed by atoms with Crippen molar-refractivity contribution >= 4 is 16.7 Å². The smallest absolute Gasteiger partial charge is 0.336 e. The van der Waals surface area contributed by atoms with Crippen LogP contribution in [0.1, 0.15) is 39.9 Å². The molecule has 7 heteroatoms. The lowest BCUT2D eigenvalue weighted by atomic mass is 9.72. The molecule has 0 bridgehead atoms. The van der Waals surface area contributed by atoms with Gasteiger partial charge in [0.15, 0.2) is 0 Å². The van der Waals surface area contributed by atoms with Crippen LogP contribution in [0.4, 0.5) is 0 Å². The Kier molecular flexibility index (Phi) is 6.53. The van der Waals surface area contributed by atoms with Gasteiger partial charge in [0.25, 0.3) is 0 Å².